The van der Waals surface area contributed by atoms with Gasteiger partial charge in [-0.3, -0.25) is 4.79 Å². The van der Waals surface area contributed by atoms with Crippen molar-refractivity contribution >= 4 is 5.91 Å². The van der Waals surface area contributed by atoms with Crippen LogP contribution in [0.5, 0.6) is 0 Å². The minimum atomic E-state index is 0.309. The molecule has 0 heterocycles. The molecule has 0 atom stereocenters. The third-order valence-electron chi connectivity index (χ3n) is 3.20. The highest BCUT2D eigenvalue weighted by molar-refractivity contribution is 5.75. The first-order valence-corrected chi connectivity index (χ1v) is 7.32. The second-order valence-electron chi connectivity index (χ2n) is 5.97. The van der Waals surface area contributed by atoms with Gasteiger partial charge in [0, 0.05) is 20.0 Å². The highest BCUT2D eigenvalue weighted by atomic mass is 16.2. The molecule has 0 bridgehead atoms. The number of carbonyl (C=O) groups is 1. The molecule has 0 aliphatic rings. The van der Waals surface area contributed by atoms with Gasteiger partial charge >= 0.3 is 0 Å². The molecular formula is C15H32N2O. The molecule has 0 spiro atoms. The van der Waals surface area contributed by atoms with E-state index in [-0.39, 0.29) is 0 Å². The van der Waals surface area contributed by atoms with Crippen LogP contribution in [0.25, 0.3) is 0 Å². The van der Waals surface area contributed by atoms with Gasteiger partial charge in [0.1, 0.15) is 0 Å². The van der Waals surface area contributed by atoms with Crippen LogP contribution in [0.4, 0.5) is 0 Å². The first-order chi connectivity index (χ1) is 8.43. The molecule has 3 heteroatoms. The summed E-state index contributed by atoms with van der Waals surface area (Å²) < 4.78 is 0. The van der Waals surface area contributed by atoms with Gasteiger partial charge in [-0.15, -0.1) is 0 Å². The van der Waals surface area contributed by atoms with Gasteiger partial charge in [-0.05, 0) is 52.2 Å². The van der Waals surface area contributed by atoms with Crippen LogP contribution in [0.1, 0.15) is 52.4 Å². The lowest BCUT2D eigenvalue weighted by Crippen LogP contribution is -2.27. The fourth-order valence-corrected chi connectivity index (χ4v) is 1.93. The van der Waals surface area contributed by atoms with Crippen molar-refractivity contribution in [2.75, 3.05) is 34.2 Å². The summed E-state index contributed by atoms with van der Waals surface area (Å²) in [5, 5.41) is 0. The SMILES string of the molecule is CC(C)CCCN(C)C(=O)CCCCCN(C)C. The maximum absolute atomic E-state index is 11.8. The van der Waals surface area contributed by atoms with E-state index in [4.69, 9.17) is 0 Å². The summed E-state index contributed by atoms with van der Waals surface area (Å²) in [5.74, 6) is 1.04. The molecule has 0 aliphatic carbocycles. The van der Waals surface area contributed by atoms with Crippen LogP contribution < -0.4 is 0 Å². The van der Waals surface area contributed by atoms with Gasteiger partial charge in [-0.2, -0.15) is 0 Å². The Hall–Kier alpha value is -0.570. The summed E-state index contributed by atoms with van der Waals surface area (Å²) in [6.45, 7) is 6.49. The van der Waals surface area contributed by atoms with E-state index >= 15 is 0 Å². The fraction of sp³-hybridized carbons (Fsp3) is 0.933. The van der Waals surface area contributed by atoms with E-state index in [2.05, 4.69) is 32.8 Å². The average molecular weight is 256 g/mol. The smallest absolute Gasteiger partial charge is 0.222 e. The third kappa shape index (κ3) is 10.6. The van der Waals surface area contributed by atoms with E-state index in [9.17, 15) is 4.79 Å². The van der Waals surface area contributed by atoms with Crippen LogP contribution in [0.15, 0.2) is 0 Å². The largest absolute Gasteiger partial charge is 0.346 e. The number of unbranched alkanes of at least 4 members (excludes halogenated alkanes) is 2. The summed E-state index contributed by atoms with van der Waals surface area (Å²) in [6, 6.07) is 0. The van der Waals surface area contributed by atoms with Gasteiger partial charge in [0.2, 0.25) is 5.91 Å². The zero-order valence-corrected chi connectivity index (χ0v) is 13.0. The molecule has 3 nitrogen and oxygen atoms in total. The molecule has 0 N–H and O–H groups in total. The first-order valence-electron chi connectivity index (χ1n) is 7.32. The molecule has 0 radical (unpaired) electrons. The minimum Gasteiger partial charge on any atom is -0.346 e. The molecule has 1 amide bonds. The fourth-order valence-electron chi connectivity index (χ4n) is 1.93. The Balaban J connectivity index is 3.50. The maximum atomic E-state index is 11.8. The van der Waals surface area contributed by atoms with Crippen LogP contribution in [-0.4, -0.2) is 49.9 Å². The summed E-state index contributed by atoms with van der Waals surface area (Å²) in [4.78, 5) is 15.9. The summed E-state index contributed by atoms with van der Waals surface area (Å²) >= 11 is 0. The number of carbonyl (C=O) groups excluding carboxylic acids is 1. The molecule has 0 aliphatic heterocycles. The molecule has 18 heavy (non-hydrogen) atoms. The molecule has 0 aromatic rings. The molecule has 0 saturated carbocycles. The minimum absolute atomic E-state index is 0.309. The number of hydrogen-bond donors (Lipinski definition) is 0. The zero-order chi connectivity index (χ0) is 14.0. The zero-order valence-electron chi connectivity index (χ0n) is 13.0. The average Bonchev–Trinajstić information content (AvgIpc) is 2.27. The Morgan fingerprint density at radius 3 is 2.17 bits per heavy atom. The third-order valence-corrected chi connectivity index (χ3v) is 3.20. The van der Waals surface area contributed by atoms with Crippen molar-refractivity contribution in [3.63, 3.8) is 0 Å². The summed E-state index contributed by atoms with van der Waals surface area (Å²) in [6.07, 6.45) is 6.43. The molecule has 0 saturated heterocycles. The van der Waals surface area contributed by atoms with E-state index in [0.717, 1.165) is 38.3 Å². The number of rotatable bonds is 10. The van der Waals surface area contributed by atoms with Crippen molar-refractivity contribution in [2.24, 2.45) is 5.92 Å². The molecule has 0 aromatic carbocycles. The number of hydrogen-bond acceptors (Lipinski definition) is 2. The predicted octanol–water partition coefficient (Wildman–Crippen LogP) is 3.00. The van der Waals surface area contributed by atoms with Crippen molar-refractivity contribution in [1.29, 1.82) is 0 Å². The molecule has 0 fully saturated rings. The summed E-state index contributed by atoms with van der Waals surface area (Å²) in [5.41, 5.74) is 0. The van der Waals surface area contributed by atoms with Crippen molar-refractivity contribution in [3.8, 4) is 0 Å². The second-order valence-corrected chi connectivity index (χ2v) is 5.97. The molecule has 0 rings (SSSR count). The Bertz CT molecular complexity index is 215. The van der Waals surface area contributed by atoms with Crippen molar-refractivity contribution in [1.82, 2.24) is 9.80 Å². The van der Waals surface area contributed by atoms with Gasteiger partial charge in [-0.1, -0.05) is 20.3 Å². The Labute approximate surface area is 114 Å². The van der Waals surface area contributed by atoms with Crippen LogP contribution >= 0.6 is 0 Å². The van der Waals surface area contributed by atoms with Gasteiger partial charge < -0.3 is 9.80 Å². The monoisotopic (exact) mass is 256 g/mol. The van der Waals surface area contributed by atoms with Crippen molar-refractivity contribution < 1.29 is 4.79 Å². The first kappa shape index (κ1) is 17.4. The van der Waals surface area contributed by atoms with Crippen LogP contribution in [0.3, 0.4) is 0 Å². The van der Waals surface area contributed by atoms with E-state index in [1.807, 2.05) is 11.9 Å². The molecular weight excluding hydrogens is 224 g/mol. The van der Waals surface area contributed by atoms with Crippen molar-refractivity contribution in [3.05, 3.63) is 0 Å². The lowest BCUT2D eigenvalue weighted by molar-refractivity contribution is -0.130. The second kappa shape index (κ2) is 10.4. The Morgan fingerprint density at radius 1 is 0.944 bits per heavy atom. The highest BCUT2D eigenvalue weighted by Crippen LogP contribution is 2.07. The predicted molar refractivity (Wildman–Crippen MR) is 78.7 cm³/mol. The number of amides is 1. The lowest BCUT2D eigenvalue weighted by Gasteiger charge is -2.17. The van der Waals surface area contributed by atoms with E-state index in [1.54, 1.807) is 0 Å². The topological polar surface area (TPSA) is 23.6 Å². The van der Waals surface area contributed by atoms with Crippen LogP contribution in [0, 0.1) is 5.92 Å². The standard InChI is InChI=1S/C15H32N2O/c1-14(2)10-9-13-17(5)15(18)11-7-6-8-12-16(3)4/h14H,6-13H2,1-5H3. The van der Waals surface area contributed by atoms with Crippen LogP contribution in [-0.2, 0) is 4.79 Å². The quantitative estimate of drug-likeness (QED) is 0.561. The molecule has 108 valence electrons. The molecule has 0 aromatic heterocycles. The van der Waals surface area contributed by atoms with E-state index < -0.39 is 0 Å². The lowest BCUT2D eigenvalue weighted by atomic mass is 10.1. The van der Waals surface area contributed by atoms with E-state index in [1.165, 1.54) is 12.8 Å². The van der Waals surface area contributed by atoms with Gasteiger partial charge in [0.15, 0.2) is 0 Å². The van der Waals surface area contributed by atoms with Crippen LogP contribution in [0.2, 0.25) is 0 Å². The van der Waals surface area contributed by atoms with E-state index in [0.29, 0.717) is 12.3 Å². The highest BCUT2D eigenvalue weighted by Gasteiger charge is 2.08. The number of nitrogens with zero attached hydrogens (tertiary/aromatic N) is 2. The summed E-state index contributed by atoms with van der Waals surface area (Å²) in [7, 11) is 6.11. The Morgan fingerprint density at radius 2 is 1.61 bits per heavy atom. The van der Waals surface area contributed by atoms with Gasteiger partial charge in [-0.25, -0.2) is 0 Å². The Kier molecular flexibility index (Phi) is 10.0. The van der Waals surface area contributed by atoms with Gasteiger partial charge in [0.05, 0.1) is 0 Å². The van der Waals surface area contributed by atoms with Crippen molar-refractivity contribution in [2.45, 2.75) is 52.4 Å². The van der Waals surface area contributed by atoms with Gasteiger partial charge in [0.25, 0.3) is 0 Å². The maximum Gasteiger partial charge on any atom is 0.222 e. The molecule has 0 unspecified atom stereocenters. The normalized spacial score (nSPS) is 11.3.